The smallest absolute Gasteiger partial charge is 0.334 e. The van der Waals surface area contributed by atoms with Gasteiger partial charge < -0.3 is 23.7 Å². The molecule has 4 atom stereocenters. The second-order valence-corrected chi connectivity index (χ2v) is 7.10. The summed E-state index contributed by atoms with van der Waals surface area (Å²) in [5.41, 5.74) is 0. The highest BCUT2D eigenvalue weighted by Crippen LogP contribution is 2.35. The first kappa shape index (κ1) is 21.2. The Hall–Kier alpha value is -2.54. The van der Waals surface area contributed by atoms with Crippen molar-refractivity contribution in [1.82, 2.24) is 0 Å². The van der Waals surface area contributed by atoms with Crippen molar-refractivity contribution >= 4 is 11.8 Å². The van der Waals surface area contributed by atoms with Crippen LogP contribution in [0, 0.1) is 5.92 Å². The van der Waals surface area contributed by atoms with Crippen molar-refractivity contribution in [2.45, 2.75) is 58.3 Å². The van der Waals surface area contributed by atoms with E-state index in [1.807, 2.05) is 6.92 Å². The molecule has 0 spiro atoms. The number of fused-ring (bicyclic) bond motifs is 1. The molecule has 0 amide bonds. The van der Waals surface area contributed by atoms with E-state index in [-0.39, 0.29) is 35.6 Å². The van der Waals surface area contributed by atoms with Crippen LogP contribution in [-0.2, 0) is 23.8 Å². The lowest BCUT2D eigenvalue weighted by Crippen LogP contribution is -2.43. The summed E-state index contributed by atoms with van der Waals surface area (Å²) >= 11 is 0. The van der Waals surface area contributed by atoms with E-state index in [0.717, 1.165) is 5.75 Å². The van der Waals surface area contributed by atoms with Crippen molar-refractivity contribution in [3.05, 3.63) is 36.3 Å². The SMILES string of the molecule is CCOC(=O)C(C)OC1CCC2C(=O)C(Oc3ccc(OCC)cc3)=COC2C1. The summed E-state index contributed by atoms with van der Waals surface area (Å²) < 4.78 is 27.7. The number of Topliss-reactive ketones (excluding diaryl/α,β-unsaturated/α-hetero) is 1. The van der Waals surface area contributed by atoms with E-state index in [9.17, 15) is 9.59 Å². The highest BCUT2D eigenvalue weighted by molar-refractivity contribution is 5.96. The molecule has 4 unspecified atom stereocenters. The largest absolute Gasteiger partial charge is 0.494 e. The molecular formula is C22H28O7. The molecule has 1 saturated carbocycles. The summed E-state index contributed by atoms with van der Waals surface area (Å²) in [4.78, 5) is 24.6. The van der Waals surface area contributed by atoms with Crippen LogP contribution < -0.4 is 9.47 Å². The molecule has 1 heterocycles. The predicted molar refractivity (Wildman–Crippen MR) is 105 cm³/mol. The van der Waals surface area contributed by atoms with E-state index in [4.69, 9.17) is 23.7 Å². The molecule has 1 aromatic carbocycles. The molecule has 0 saturated heterocycles. The molecule has 0 bridgehead atoms. The van der Waals surface area contributed by atoms with Crippen LogP contribution in [-0.4, -0.2) is 43.3 Å². The predicted octanol–water partition coefficient (Wildman–Crippen LogP) is 3.41. The number of allylic oxidation sites excluding steroid dienone is 1. The fraction of sp³-hybridized carbons (Fsp3) is 0.545. The van der Waals surface area contributed by atoms with Crippen LogP contribution in [0.5, 0.6) is 11.5 Å². The number of carbonyl (C=O) groups excluding carboxylic acids is 2. The minimum Gasteiger partial charge on any atom is -0.494 e. The number of ketones is 1. The third kappa shape index (κ3) is 5.29. The van der Waals surface area contributed by atoms with Crippen molar-refractivity contribution in [3.63, 3.8) is 0 Å². The molecular weight excluding hydrogens is 376 g/mol. The number of esters is 1. The number of benzene rings is 1. The molecule has 2 aliphatic rings. The Kier molecular flexibility index (Phi) is 7.14. The van der Waals surface area contributed by atoms with Crippen LogP contribution in [0.4, 0.5) is 0 Å². The first-order chi connectivity index (χ1) is 14.0. The van der Waals surface area contributed by atoms with Crippen LogP contribution in [0.15, 0.2) is 36.3 Å². The van der Waals surface area contributed by atoms with Crippen LogP contribution in [0.2, 0.25) is 0 Å². The van der Waals surface area contributed by atoms with Crippen molar-refractivity contribution < 1.29 is 33.3 Å². The quantitative estimate of drug-likeness (QED) is 0.614. The summed E-state index contributed by atoms with van der Waals surface area (Å²) in [5, 5.41) is 0. The molecule has 0 aromatic heterocycles. The molecule has 1 fully saturated rings. The Morgan fingerprint density at radius 1 is 1.14 bits per heavy atom. The molecule has 0 radical (unpaired) electrons. The van der Waals surface area contributed by atoms with E-state index in [2.05, 4.69) is 0 Å². The fourth-order valence-electron chi connectivity index (χ4n) is 3.63. The van der Waals surface area contributed by atoms with E-state index in [0.29, 0.717) is 38.2 Å². The summed E-state index contributed by atoms with van der Waals surface area (Å²) in [6.45, 7) is 6.27. The Labute approximate surface area is 170 Å². The first-order valence-electron chi connectivity index (χ1n) is 10.1. The minimum atomic E-state index is -0.634. The van der Waals surface area contributed by atoms with Crippen LogP contribution in [0.25, 0.3) is 0 Å². The second kappa shape index (κ2) is 9.78. The number of hydrogen-bond donors (Lipinski definition) is 0. The summed E-state index contributed by atoms with van der Waals surface area (Å²) in [5.74, 6) is 0.796. The van der Waals surface area contributed by atoms with Gasteiger partial charge in [-0.2, -0.15) is 0 Å². The molecule has 29 heavy (non-hydrogen) atoms. The van der Waals surface area contributed by atoms with Gasteiger partial charge in [0.2, 0.25) is 11.5 Å². The van der Waals surface area contributed by atoms with Gasteiger partial charge >= 0.3 is 5.97 Å². The zero-order valence-corrected chi connectivity index (χ0v) is 17.1. The molecule has 0 N–H and O–H groups in total. The van der Waals surface area contributed by atoms with Gasteiger partial charge in [-0.15, -0.1) is 0 Å². The molecule has 7 heteroatoms. The van der Waals surface area contributed by atoms with Crippen molar-refractivity contribution in [2.24, 2.45) is 5.92 Å². The number of ether oxygens (including phenoxy) is 5. The van der Waals surface area contributed by atoms with Crippen molar-refractivity contribution in [2.75, 3.05) is 13.2 Å². The van der Waals surface area contributed by atoms with Gasteiger partial charge in [0, 0.05) is 6.42 Å². The van der Waals surface area contributed by atoms with Gasteiger partial charge in [-0.25, -0.2) is 4.79 Å². The number of carbonyl (C=O) groups is 2. The monoisotopic (exact) mass is 404 g/mol. The Morgan fingerprint density at radius 2 is 1.86 bits per heavy atom. The molecule has 1 aliphatic heterocycles. The number of hydrogen-bond acceptors (Lipinski definition) is 7. The standard InChI is InChI=1S/C22H28O7/c1-4-25-15-6-8-16(9-7-15)29-20-13-27-19-12-17(10-11-18(19)21(20)23)28-14(3)22(24)26-5-2/h6-9,13-14,17-19H,4-5,10-12H2,1-3H3. The van der Waals surface area contributed by atoms with Gasteiger partial charge in [0.1, 0.15) is 23.9 Å². The zero-order valence-electron chi connectivity index (χ0n) is 17.1. The third-order valence-corrected chi connectivity index (χ3v) is 5.05. The topological polar surface area (TPSA) is 80.3 Å². The Balaban J connectivity index is 1.57. The highest BCUT2D eigenvalue weighted by Gasteiger charge is 2.42. The van der Waals surface area contributed by atoms with Crippen molar-refractivity contribution in [3.8, 4) is 11.5 Å². The van der Waals surface area contributed by atoms with Gasteiger partial charge in [0.15, 0.2) is 6.10 Å². The van der Waals surface area contributed by atoms with Crippen LogP contribution in [0.3, 0.4) is 0 Å². The summed E-state index contributed by atoms with van der Waals surface area (Å²) in [6.07, 6.45) is 2.17. The molecule has 158 valence electrons. The Bertz CT molecular complexity index is 740. The highest BCUT2D eigenvalue weighted by atomic mass is 16.6. The average Bonchev–Trinajstić information content (AvgIpc) is 2.72. The average molecular weight is 404 g/mol. The minimum absolute atomic E-state index is 0.0629. The number of rotatable bonds is 8. The van der Waals surface area contributed by atoms with Gasteiger partial charge in [-0.1, -0.05) is 0 Å². The Morgan fingerprint density at radius 3 is 2.55 bits per heavy atom. The molecule has 7 nitrogen and oxygen atoms in total. The van der Waals surface area contributed by atoms with Gasteiger partial charge in [0.05, 0.1) is 25.2 Å². The van der Waals surface area contributed by atoms with Gasteiger partial charge in [0.25, 0.3) is 0 Å². The maximum atomic E-state index is 12.8. The lowest BCUT2D eigenvalue weighted by molar-refractivity contribution is -0.164. The van der Waals surface area contributed by atoms with E-state index >= 15 is 0 Å². The third-order valence-electron chi connectivity index (χ3n) is 5.05. The normalized spacial score (nSPS) is 24.6. The van der Waals surface area contributed by atoms with E-state index in [1.54, 1.807) is 38.1 Å². The zero-order chi connectivity index (χ0) is 20.8. The lowest BCUT2D eigenvalue weighted by atomic mass is 9.80. The summed E-state index contributed by atoms with van der Waals surface area (Å²) in [7, 11) is 0. The van der Waals surface area contributed by atoms with E-state index < -0.39 is 6.10 Å². The van der Waals surface area contributed by atoms with Crippen molar-refractivity contribution in [1.29, 1.82) is 0 Å². The van der Waals surface area contributed by atoms with Crippen LogP contribution in [0.1, 0.15) is 40.0 Å². The second-order valence-electron chi connectivity index (χ2n) is 7.10. The first-order valence-corrected chi connectivity index (χ1v) is 10.1. The van der Waals surface area contributed by atoms with E-state index in [1.165, 1.54) is 6.26 Å². The summed E-state index contributed by atoms with van der Waals surface area (Å²) in [6, 6.07) is 7.10. The lowest BCUT2D eigenvalue weighted by Gasteiger charge is -2.37. The van der Waals surface area contributed by atoms with Crippen LogP contribution >= 0.6 is 0 Å². The molecule has 1 aromatic rings. The molecule has 3 rings (SSSR count). The van der Waals surface area contributed by atoms with Gasteiger partial charge in [-0.3, -0.25) is 4.79 Å². The maximum absolute atomic E-state index is 12.8. The van der Waals surface area contributed by atoms with Gasteiger partial charge in [-0.05, 0) is 57.9 Å². The fourth-order valence-corrected chi connectivity index (χ4v) is 3.63. The molecule has 1 aliphatic carbocycles. The maximum Gasteiger partial charge on any atom is 0.334 e.